The van der Waals surface area contributed by atoms with Crippen molar-refractivity contribution in [2.75, 3.05) is 7.11 Å². The van der Waals surface area contributed by atoms with Crippen LogP contribution in [0.15, 0.2) is 6.07 Å². The molecular formula is C15H21N3O3. The average Bonchev–Trinajstić information content (AvgIpc) is 2.49. The van der Waals surface area contributed by atoms with Crippen molar-refractivity contribution in [3.05, 3.63) is 23.0 Å². The molecule has 114 valence electrons. The molecular weight excluding hydrogens is 270 g/mol. The predicted octanol–water partition coefficient (Wildman–Crippen LogP) is 1.56. The third-order valence-corrected chi connectivity index (χ3v) is 3.94. The lowest BCUT2D eigenvalue weighted by Gasteiger charge is -2.27. The number of aromatic nitrogens is 2. The molecule has 0 atom stereocenters. The molecule has 0 aromatic carbocycles. The first-order valence-electron chi connectivity index (χ1n) is 7.21. The van der Waals surface area contributed by atoms with Crippen LogP contribution in [0, 0.1) is 19.8 Å². The van der Waals surface area contributed by atoms with Crippen LogP contribution in [0.5, 0.6) is 0 Å². The molecule has 1 aromatic heterocycles. The summed E-state index contributed by atoms with van der Waals surface area (Å²) in [5.41, 5.74) is 1.92. The highest BCUT2D eigenvalue weighted by Gasteiger charge is 2.28. The van der Waals surface area contributed by atoms with E-state index in [0.717, 1.165) is 31.4 Å². The van der Waals surface area contributed by atoms with E-state index in [4.69, 9.17) is 4.74 Å². The first kappa shape index (κ1) is 15.4. The summed E-state index contributed by atoms with van der Waals surface area (Å²) in [6, 6.07) is 1.85. The summed E-state index contributed by atoms with van der Waals surface area (Å²) in [5, 5.41) is 10.9. The maximum Gasteiger partial charge on any atom is 0.308 e. The van der Waals surface area contributed by atoms with Gasteiger partial charge in [0.15, 0.2) is 0 Å². The summed E-state index contributed by atoms with van der Waals surface area (Å²) in [6.07, 6.45) is 3.10. The molecule has 1 amide bonds. The number of nitrogens with zero attached hydrogens (tertiary/aromatic N) is 2. The monoisotopic (exact) mass is 291 g/mol. The number of rotatable bonds is 3. The Morgan fingerprint density at radius 2 is 1.86 bits per heavy atom. The second-order valence-corrected chi connectivity index (χ2v) is 5.53. The first-order chi connectivity index (χ1) is 10.0. The minimum Gasteiger partial charge on any atom is -0.469 e. The Morgan fingerprint density at radius 1 is 1.19 bits per heavy atom. The molecule has 0 unspecified atom stereocenters. The maximum absolute atomic E-state index is 12.3. The summed E-state index contributed by atoms with van der Waals surface area (Å²) in [6.45, 7) is 3.58. The first-order valence-corrected chi connectivity index (χ1v) is 7.21. The number of aryl methyl sites for hydroxylation is 2. The Kier molecular flexibility index (Phi) is 4.88. The zero-order valence-corrected chi connectivity index (χ0v) is 12.7. The fourth-order valence-electron chi connectivity index (χ4n) is 2.68. The molecule has 0 radical (unpaired) electrons. The average molecular weight is 291 g/mol. The number of amides is 1. The lowest BCUT2D eigenvalue weighted by Crippen LogP contribution is -2.39. The molecule has 1 N–H and O–H groups in total. The van der Waals surface area contributed by atoms with E-state index < -0.39 is 0 Å². The highest BCUT2D eigenvalue weighted by Crippen LogP contribution is 2.25. The number of ether oxygens (including phenoxy) is 1. The summed E-state index contributed by atoms with van der Waals surface area (Å²) >= 11 is 0. The van der Waals surface area contributed by atoms with Crippen molar-refractivity contribution in [2.24, 2.45) is 5.92 Å². The summed E-state index contributed by atoms with van der Waals surface area (Å²) < 4.78 is 4.76. The number of hydrogen-bond donors (Lipinski definition) is 1. The van der Waals surface area contributed by atoms with E-state index in [2.05, 4.69) is 15.5 Å². The predicted molar refractivity (Wildman–Crippen MR) is 76.7 cm³/mol. The van der Waals surface area contributed by atoms with Crippen molar-refractivity contribution in [3.8, 4) is 0 Å². The normalized spacial score (nSPS) is 21.7. The van der Waals surface area contributed by atoms with Gasteiger partial charge in [0.25, 0.3) is 5.91 Å². The number of hydrogen-bond acceptors (Lipinski definition) is 5. The van der Waals surface area contributed by atoms with Crippen LogP contribution in [-0.2, 0) is 9.53 Å². The van der Waals surface area contributed by atoms with Crippen molar-refractivity contribution in [3.63, 3.8) is 0 Å². The smallest absolute Gasteiger partial charge is 0.308 e. The van der Waals surface area contributed by atoms with Crippen LogP contribution >= 0.6 is 0 Å². The summed E-state index contributed by atoms with van der Waals surface area (Å²) in [5.74, 6) is -0.300. The van der Waals surface area contributed by atoms with Crippen LogP contribution in [0.3, 0.4) is 0 Å². The van der Waals surface area contributed by atoms with Gasteiger partial charge in [0.2, 0.25) is 0 Å². The minimum atomic E-state index is -0.149. The zero-order chi connectivity index (χ0) is 15.4. The molecule has 1 aliphatic rings. The van der Waals surface area contributed by atoms with E-state index in [0.29, 0.717) is 11.3 Å². The van der Waals surface area contributed by atoms with Crippen LogP contribution in [0.25, 0.3) is 0 Å². The van der Waals surface area contributed by atoms with Crippen LogP contribution < -0.4 is 5.32 Å². The maximum atomic E-state index is 12.3. The lowest BCUT2D eigenvalue weighted by atomic mass is 9.86. The Morgan fingerprint density at radius 3 is 2.48 bits per heavy atom. The summed E-state index contributed by atoms with van der Waals surface area (Å²) in [4.78, 5) is 23.8. The SMILES string of the molecule is COC(=O)C1CCC(NC(=O)c2cc(C)nnc2C)CC1. The van der Waals surface area contributed by atoms with Gasteiger partial charge in [0, 0.05) is 6.04 Å². The highest BCUT2D eigenvalue weighted by atomic mass is 16.5. The Hall–Kier alpha value is -1.98. The minimum absolute atomic E-state index is 0.0327. The molecule has 6 heteroatoms. The van der Waals surface area contributed by atoms with Gasteiger partial charge in [0.05, 0.1) is 30.0 Å². The van der Waals surface area contributed by atoms with E-state index in [9.17, 15) is 9.59 Å². The molecule has 2 rings (SSSR count). The molecule has 1 aromatic rings. The fraction of sp³-hybridized carbons (Fsp3) is 0.600. The molecule has 21 heavy (non-hydrogen) atoms. The molecule has 1 heterocycles. The third kappa shape index (κ3) is 3.77. The fourth-order valence-corrected chi connectivity index (χ4v) is 2.68. The third-order valence-electron chi connectivity index (χ3n) is 3.94. The number of carbonyl (C=O) groups excluding carboxylic acids is 2. The zero-order valence-electron chi connectivity index (χ0n) is 12.7. The molecule has 0 spiro atoms. The number of methoxy groups -OCH3 is 1. The topological polar surface area (TPSA) is 81.2 Å². The standard InChI is InChI=1S/C15H21N3O3/c1-9-8-13(10(2)18-17-9)14(19)16-12-6-4-11(5-7-12)15(20)21-3/h8,11-12H,4-7H2,1-3H3,(H,16,19). The molecule has 0 bridgehead atoms. The van der Waals surface area contributed by atoms with Crippen LogP contribution in [0.4, 0.5) is 0 Å². The van der Waals surface area contributed by atoms with Gasteiger partial charge in [-0.15, -0.1) is 0 Å². The van der Waals surface area contributed by atoms with Crippen molar-refractivity contribution in [1.82, 2.24) is 15.5 Å². The Bertz CT molecular complexity index is 537. The molecule has 1 fully saturated rings. The van der Waals surface area contributed by atoms with Crippen LogP contribution in [-0.4, -0.2) is 35.2 Å². The van der Waals surface area contributed by atoms with E-state index >= 15 is 0 Å². The highest BCUT2D eigenvalue weighted by molar-refractivity contribution is 5.95. The second kappa shape index (κ2) is 6.65. The van der Waals surface area contributed by atoms with Gasteiger partial charge in [-0.2, -0.15) is 10.2 Å². The largest absolute Gasteiger partial charge is 0.469 e. The Labute approximate surface area is 124 Å². The molecule has 1 aliphatic carbocycles. The van der Waals surface area contributed by atoms with Gasteiger partial charge >= 0.3 is 5.97 Å². The molecule has 0 aliphatic heterocycles. The lowest BCUT2D eigenvalue weighted by molar-refractivity contribution is -0.146. The van der Waals surface area contributed by atoms with Gasteiger partial charge in [-0.1, -0.05) is 0 Å². The molecule has 6 nitrogen and oxygen atoms in total. The number of nitrogens with one attached hydrogen (secondary N) is 1. The second-order valence-electron chi connectivity index (χ2n) is 5.53. The van der Waals surface area contributed by atoms with Crippen molar-refractivity contribution in [2.45, 2.75) is 45.6 Å². The number of esters is 1. The van der Waals surface area contributed by atoms with E-state index in [-0.39, 0.29) is 23.8 Å². The quantitative estimate of drug-likeness (QED) is 0.855. The van der Waals surface area contributed by atoms with Crippen molar-refractivity contribution < 1.29 is 14.3 Å². The van der Waals surface area contributed by atoms with Crippen LogP contribution in [0.2, 0.25) is 0 Å². The molecule has 1 saturated carbocycles. The molecule has 0 saturated heterocycles. The van der Waals surface area contributed by atoms with E-state index in [1.807, 2.05) is 6.92 Å². The summed E-state index contributed by atoms with van der Waals surface area (Å²) in [7, 11) is 1.41. The van der Waals surface area contributed by atoms with Crippen molar-refractivity contribution in [1.29, 1.82) is 0 Å². The van der Waals surface area contributed by atoms with Crippen LogP contribution in [0.1, 0.15) is 47.4 Å². The number of carbonyl (C=O) groups is 2. The van der Waals surface area contributed by atoms with Gasteiger partial charge < -0.3 is 10.1 Å². The Balaban J connectivity index is 1.93. The van der Waals surface area contributed by atoms with E-state index in [1.54, 1.807) is 13.0 Å². The van der Waals surface area contributed by atoms with Gasteiger partial charge in [-0.05, 0) is 45.6 Å². The van der Waals surface area contributed by atoms with Gasteiger partial charge in [-0.25, -0.2) is 0 Å². The van der Waals surface area contributed by atoms with Crippen molar-refractivity contribution >= 4 is 11.9 Å². The van der Waals surface area contributed by atoms with Gasteiger partial charge in [0.1, 0.15) is 0 Å². The van der Waals surface area contributed by atoms with E-state index in [1.165, 1.54) is 7.11 Å². The van der Waals surface area contributed by atoms with Gasteiger partial charge in [-0.3, -0.25) is 9.59 Å².